The fraction of sp³-hybridized carbons (Fsp3) is 0.0909. The molecule has 2 aromatic rings. The molecule has 2 heterocycles. The van der Waals surface area contributed by atoms with Crippen LogP contribution in [0.1, 0.15) is 14.5 Å². The molecule has 18 heavy (non-hydrogen) atoms. The van der Waals surface area contributed by atoms with Gasteiger partial charge >= 0.3 is 0 Å². The molecule has 2 N–H and O–H groups in total. The standard InChI is InChI=1S/C11H9BrN2O2S2/c12-9-4-3-8(18-9)11(16)14-13-10(15)6-7-2-1-5-17-7/h1-5H,6H2,(H,13,15)(H,14,16). The third-order valence-corrected chi connectivity index (χ3v) is 4.53. The average molecular weight is 345 g/mol. The molecule has 0 unspecified atom stereocenters. The van der Waals surface area contributed by atoms with Gasteiger partial charge in [-0.05, 0) is 39.5 Å². The summed E-state index contributed by atoms with van der Waals surface area (Å²) in [6.07, 6.45) is 0.270. The van der Waals surface area contributed by atoms with Crippen LogP contribution in [0.25, 0.3) is 0 Å². The highest BCUT2D eigenvalue weighted by atomic mass is 79.9. The molecule has 0 aromatic carbocycles. The second kappa shape index (κ2) is 6.12. The molecule has 2 amide bonds. The maximum absolute atomic E-state index is 11.6. The second-order valence-electron chi connectivity index (χ2n) is 3.36. The third-order valence-electron chi connectivity index (χ3n) is 2.03. The van der Waals surface area contributed by atoms with Gasteiger partial charge in [0.25, 0.3) is 5.91 Å². The van der Waals surface area contributed by atoms with Crippen LogP contribution in [0.15, 0.2) is 33.4 Å². The minimum absolute atomic E-state index is 0.235. The highest BCUT2D eigenvalue weighted by Gasteiger charge is 2.10. The molecule has 4 nitrogen and oxygen atoms in total. The summed E-state index contributed by atoms with van der Waals surface area (Å²) in [5.41, 5.74) is 4.77. The zero-order valence-electron chi connectivity index (χ0n) is 9.10. The number of thiophene rings is 2. The van der Waals surface area contributed by atoms with Crippen LogP contribution in [0.4, 0.5) is 0 Å². The number of nitrogens with one attached hydrogen (secondary N) is 2. The van der Waals surface area contributed by atoms with Crippen LogP contribution in [0.3, 0.4) is 0 Å². The van der Waals surface area contributed by atoms with E-state index in [1.54, 1.807) is 12.1 Å². The Bertz CT molecular complexity index is 551. The van der Waals surface area contributed by atoms with Crippen molar-refractivity contribution in [2.75, 3.05) is 0 Å². The molecule has 0 spiro atoms. The quantitative estimate of drug-likeness (QED) is 0.840. The molecule has 0 aliphatic carbocycles. The summed E-state index contributed by atoms with van der Waals surface area (Å²) in [7, 11) is 0. The number of hydrazine groups is 1. The second-order valence-corrected chi connectivity index (χ2v) is 6.86. The van der Waals surface area contributed by atoms with E-state index in [-0.39, 0.29) is 18.2 Å². The molecule has 2 rings (SSSR count). The van der Waals surface area contributed by atoms with Gasteiger partial charge in [0, 0.05) is 4.88 Å². The lowest BCUT2D eigenvalue weighted by Gasteiger charge is -2.04. The van der Waals surface area contributed by atoms with Gasteiger partial charge in [0.15, 0.2) is 0 Å². The van der Waals surface area contributed by atoms with Crippen LogP contribution < -0.4 is 10.9 Å². The molecular formula is C11H9BrN2O2S2. The van der Waals surface area contributed by atoms with E-state index in [1.807, 2.05) is 17.5 Å². The van der Waals surface area contributed by atoms with Gasteiger partial charge in [0.1, 0.15) is 0 Å². The molecule has 0 bridgehead atoms. The highest BCUT2D eigenvalue weighted by molar-refractivity contribution is 9.11. The first-order chi connectivity index (χ1) is 8.65. The van der Waals surface area contributed by atoms with Gasteiger partial charge in [-0.2, -0.15) is 0 Å². The minimum atomic E-state index is -0.315. The Morgan fingerprint density at radius 3 is 2.67 bits per heavy atom. The number of carbonyl (C=O) groups is 2. The van der Waals surface area contributed by atoms with E-state index in [9.17, 15) is 9.59 Å². The van der Waals surface area contributed by atoms with Crippen LogP contribution in [-0.4, -0.2) is 11.8 Å². The van der Waals surface area contributed by atoms with Crippen molar-refractivity contribution in [1.29, 1.82) is 0 Å². The number of halogens is 1. The average Bonchev–Trinajstić information content (AvgIpc) is 2.97. The van der Waals surface area contributed by atoms with E-state index in [4.69, 9.17) is 0 Å². The number of hydrogen-bond donors (Lipinski definition) is 2. The molecule has 0 aliphatic heterocycles. The van der Waals surface area contributed by atoms with Crippen molar-refractivity contribution >= 4 is 50.4 Å². The van der Waals surface area contributed by atoms with E-state index in [1.165, 1.54) is 22.7 Å². The van der Waals surface area contributed by atoms with Crippen molar-refractivity contribution in [2.24, 2.45) is 0 Å². The van der Waals surface area contributed by atoms with E-state index < -0.39 is 0 Å². The van der Waals surface area contributed by atoms with Gasteiger partial charge in [-0.15, -0.1) is 22.7 Å². The summed E-state index contributed by atoms with van der Waals surface area (Å²) >= 11 is 6.09. The summed E-state index contributed by atoms with van der Waals surface area (Å²) < 4.78 is 0.873. The molecule has 0 saturated heterocycles. The van der Waals surface area contributed by atoms with Gasteiger partial charge in [-0.3, -0.25) is 20.4 Å². The summed E-state index contributed by atoms with van der Waals surface area (Å²) in [6.45, 7) is 0. The Labute approximate surface area is 120 Å². The van der Waals surface area contributed by atoms with Crippen LogP contribution >= 0.6 is 38.6 Å². The lowest BCUT2D eigenvalue weighted by Crippen LogP contribution is -2.42. The Balaban J connectivity index is 1.81. The minimum Gasteiger partial charge on any atom is -0.273 e. The van der Waals surface area contributed by atoms with Crippen LogP contribution in [0, 0.1) is 0 Å². The van der Waals surface area contributed by atoms with Gasteiger partial charge in [0.05, 0.1) is 15.1 Å². The van der Waals surface area contributed by atoms with Crippen LogP contribution in [0.5, 0.6) is 0 Å². The normalized spacial score (nSPS) is 10.1. The topological polar surface area (TPSA) is 58.2 Å². The van der Waals surface area contributed by atoms with E-state index in [2.05, 4.69) is 26.8 Å². The largest absolute Gasteiger partial charge is 0.279 e. The zero-order valence-corrected chi connectivity index (χ0v) is 12.3. The molecule has 7 heteroatoms. The highest BCUT2D eigenvalue weighted by Crippen LogP contribution is 2.21. The van der Waals surface area contributed by atoms with Gasteiger partial charge < -0.3 is 0 Å². The summed E-state index contributed by atoms with van der Waals surface area (Å²) in [5.74, 6) is -0.549. The van der Waals surface area contributed by atoms with E-state index in [0.29, 0.717) is 4.88 Å². The molecule has 0 radical (unpaired) electrons. The zero-order chi connectivity index (χ0) is 13.0. The molecule has 0 aliphatic rings. The van der Waals surface area contributed by atoms with Crippen molar-refractivity contribution < 1.29 is 9.59 Å². The third kappa shape index (κ3) is 3.66. The molecule has 0 saturated carbocycles. The monoisotopic (exact) mass is 344 g/mol. The lowest BCUT2D eigenvalue weighted by molar-refractivity contribution is -0.121. The molecule has 0 atom stereocenters. The van der Waals surface area contributed by atoms with E-state index in [0.717, 1.165) is 8.66 Å². The smallest absolute Gasteiger partial charge is 0.273 e. The van der Waals surface area contributed by atoms with Crippen molar-refractivity contribution in [3.8, 4) is 0 Å². The van der Waals surface area contributed by atoms with Crippen LogP contribution in [0.2, 0.25) is 0 Å². The Hall–Kier alpha value is -1.18. The first kappa shape index (κ1) is 13.3. The molecular weight excluding hydrogens is 336 g/mol. The van der Waals surface area contributed by atoms with Crippen molar-refractivity contribution in [3.05, 3.63) is 43.2 Å². The Morgan fingerprint density at radius 2 is 2.06 bits per heavy atom. The van der Waals surface area contributed by atoms with Crippen molar-refractivity contribution in [2.45, 2.75) is 6.42 Å². The maximum atomic E-state index is 11.6. The Kier molecular flexibility index (Phi) is 4.51. The fourth-order valence-electron chi connectivity index (χ4n) is 1.24. The molecule has 94 valence electrons. The molecule has 0 fully saturated rings. The fourth-order valence-corrected chi connectivity index (χ4v) is 3.22. The predicted octanol–water partition coefficient (Wildman–Crippen LogP) is 2.58. The first-order valence-corrected chi connectivity index (χ1v) is 7.51. The number of carbonyl (C=O) groups excluding carboxylic acids is 2. The van der Waals surface area contributed by atoms with Gasteiger partial charge in [0.2, 0.25) is 5.91 Å². The lowest BCUT2D eigenvalue weighted by atomic mass is 10.3. The maximum Gasteiger partial charge on any atom is 0.279 e. The van der Waals surface area contributed by atoms with Gasteiger partial charge in [-0.1, -0.05) is 6.07 Å². The van der Waals surface area contributed by atoms with Gasteiger partial charge in [-0.25, -0.2) is 0 Å². The molecule has 2 aromatic heterocycles. The van der Waals surface area contributed by atoms with Crippen molar-refractivity contribution in [1.82, 2.24) is 10.9 Å². The summed E-state index contributed by atoms with van der Waals surface area (Å²) in [4.78, 5) is 24.7. The van der Waals surface area contributed by atoms with Crippen molar-refractivity contribution in [3.63, 3.8) is 0 Å². The van der Waals surface area contributed by atoms with Crippen LogP contribution in [-0.2, 0) is 11.2 Å². The SMILES string of the molecule is O=C(Cc1cccs1)NNC(=O)c1ccc(Br)s1. The predicted molar refractivity (Wildman–Crippen MR) is 75.7 cm³/mol. The summed E-state index contributed by atoms with van der Waals surface area (Å²) in [6, 6.07) is 7.24. The number of amides is 2. The van der Waals surface area contributed by atoms with E-state index >= 15 is 0 Å². The first-order valence-electron chi connectivity index (χ1n) is 5.02. The number of hydrogen-bond acceptors (Lipinski definition) is 4. The number of rotatable bonds is 3. The Morgan fingerprint density at radius 1 is 1.22 bits per heavy atom. The summed E-state index contributed by atoms with van der Waals surface area (Å²) in [5, 5.41) is 1.91.